The van der Waals surface area contributed by atoms with Crippen molar-refractivity contribution in [2.75, 3.05) is 17.3 Å². The van der Waals surface area contributed by atoms with Gasteiger partial charge in [0.1, 0.15) is 5.75 Å². The van der Waals surface area contributed by atoms with E-state index in [1.165, 1.54) is 0 Å². The Balaban J connectivity index is 1.73. The highest BCUT2D eigenvalue weighted by molar-refractivity contribution is 6.18. The van der Waals surface area contributed by atoms with Crippen LogP contribution in [-0.4, -0.2) is 24.5 Å². The maximum Gasteiger partial charge on any atom is 0.255 e. The zero-order valence-electron chi connectivity index (χ0n) is 17.5. The van der Waals surface area contributed by atoms with Crippen LogP contribution in [0.2, 0.25) is 0 Å². The number of ether oxygens (including phenoxy) is 1. The summed E-state index contributed by atoms with van der Waals surface area (Å²) in [5.74, 6) is 0.332. The van der Waals surface area contributed by atoms with Crippen LogP contribution in [0.5, 0.6) is 5.75 Å². The fraction of sp³-hybridized carbons (Fsp3) is 0.154. The van der Waals surface area contributed by atoms with Crippen LogP contribution in [0.4, 0.5) is 11.4 Å². The number of carbonyl (C=O) groups excluding carboxylic acids is 2. The molecule has 1 fully saturated rings. The Bertz CT molecular complexity index is 1120. The molecule has 0 unspecified atom stereocenters. The molecule has 1 N–H and O–H groups in total. The van der Waals surface area contributed by atoms with Crippen molar-refractivity contribution in [1.82, 2.24) is 0 Å². The highest BCUT2D eigenvalue weighted by Gasteiger charge is 2.55. The third kappa shape index (κ3) is 3.94. The summed E-state index contributed by atoms with van der Waals surface area (Å²) in [6.45, 7) is 1.94. The molecule has 0 aliphatic carbocycles. The molecule has 1 aliphatic heterocycles. The minimum absolute atomic E-state index is 0.0973. The predicted molar refractivity (Wildman–Crippen MR) is 123 cm³/mol. The minimum atomic E-state index is -1.12. The molecule has 0 spiro atoms. The Morgan fingerprint density at radius 3 is 2.32 bits per heavy atom. The summed E-state index contributed by atoms with van der Waals surface area (Å²) in [6.07, 6.45) is 3.81. The van der Waals surface area contributed by atoms with E-state index in [9.17, 15) is 9.59 Å². The summed E-state index contributed by atoms with van der Waals surface area (Å²) in [4.78, 5) is 27.8. The third-order valence-electron chi connectivity index (χ3n) is 5.54. The van der Waals surface area contributed by atoms with Gasteiger partial charge in [-0.25, -0.2) is 0 Å². The van der Waals surface area contributed by atoms with Crippen molar-refractivity contribution in [3.05, 3.63) is 96.1 Å². The molecule has 156 valence electrons. The summed E-state index contributed by atoms with van der Waals surface area (Å²) in [7, 11) is 1.59. The number of β-lactam (4-membered cyclic amide) rings is 1. The SMILES string of the molecule is COc1ccc(N2C(=O)C[C@]2(/C=C/c2ccccc2)C(=O)Nc2ccccc2C)cc1. The van der Waals surface area contributed by atoms with E-state index < -0.39 is 5.54 Å². The van der Waals surface area contributed by atoms with Crippen LogP contribution in [0.15, 0.2) is 84.9 Å². The molecule has 31 heavy (non-hydrogen) atoms. The first-order valence-corrected chi connectivity index (χ1v) is 10.1. The van der Waals surface area contributed by atoms with Crippen LogP contribution >= 0.6 is 0 Å². The standard InChI is InChI=1S/C26H24N2O3/c1-19-8-6-7-11-23(19)27-25(30)26(17-16-20-9-4-3-5-10-20)18-24(29)28(26)21-12-14-22(31-2)15-13-21/h3-17H,18H2,1-2H3,(H,27,30)/b17-16+/t26-/m1/s1. The Kier molecular flexibility index (Phi) is 5.58. The van der Waals surface area contributed by atoms with Crippen molar-refractivity contribution >= 4 is 29.3 Å². The van der Waals surface area contributed by atoms with Gasteiger partial charge in [-0.2, -0.15) is 0 Å². The fourth-order valence-corrected chi connectivity index (χ4v) is 3.76. The highest BCUT2D eigenvalue weighted by atomic mass is 16.5. The topological polar surface area (TPSA) is 58.6 Å². The number of para-hydroxylation sites is 1. The second kappa shape index (κ2) is 8.48. The molecule has 1 aliphatic rings. The van der Waals surface area contributed by atoms with Crippen molar-refractivity contribution in [1.29, 1.82) is 0 Å². The molecule has 0 aromatic heterocycles. The van der Waals surface area contributed by atoms with Crippen molar-refractivity contribution < 1.29 is 14.3 Å². The summed E-state index contributed by atoms with van der Waals surface area (Å²) < 4.78 is 5.23. The molecule has 1 saturated heterocycles. The maximum absolute atomic E-state index is 13.6. The van der Waals surface area contributed by atoms with Crippen molar-refractivity contribution in [3.63, 3.8) is 0 Å². The Hall–Kier alpha value is -3.86. The Morgan fingerprint density at radius 2 is 1.68 bits per heavy atom. The molecule has 4 rings (SSSR count). The lowest BCUT2D eigenvalue weighted by molar-refractivity contribution is -0.134. The van der Waals surface area contributed by atoms with Crippen LogP contribution < -0.4 is 15.0 Å². The molecule has 0 bridgehead atoms. The lowest BCUT2D eigenvalue weighted by atomic mass is 9.81. The minimum Gasteiger partial charge on any atom is -0.497 e. The lowest BCUT2D eigenvalue weighted by Gasteiger charge is -2.48. The van der Waals surface area contributed by atoms with Gasteiger partial charge in [0.2, 0.25) is 5.91 Å². The van der Waals surface area contributed by atoms with Gasteiger partial charge in [0.25, 0.3) is 5.91 Å². The first-order chi connectivity index (χ1) is 15.0. The molecule has 0 saturated carbocycles. The van der Waals surface area contributed by atoms with Gasteiger partial charge in [-0.3, -0.25) is 14.5 Å². The van der Waals surface area contributed by atoms with E-state index in [4.69, 9.17) is 4.74 Å². The van der Waals surface area contributed by atoms with Crippen molar-refractivity contribution in [2.24, 2.45) is 0 Å². The van der Waals surface area contributed by atoms with Crippen LogP contribution in [0.3, 0.4) is 0 Å². The number of hydrogen-bond acceptors (Lipinski definition) is 3. The molecule has 2 amide bonds. The molecule has 1 atom stereocenters. The normalized spacial score (nSPS) is 18.0. The van der Waals surface area contributed by atoms with E-state index >= 15 is 0 Å². The van der Waals surface area contributed by atoms with Crippen LogP contribution in [0.1, 0.15) is 17.5 Å². The van der Waals surface area contributed by atoms with Gasteiger partial charge in [0.05, 0.1) is 13.5 Å². The van der Waals surface area contributed by atoms with Crippen LogP contribution in [-0.2, 0) is 9.59 Å². The monoisotopic (exact) mass is 412 g/mol. The van der Waals surface area contributed by atoms with E-state index in [2.05, 4.69) is 5.32 Å². The summed E-state index contributed by atoms with van der Waals surface area (Å²) in [6, 6.07) is 24.5. The Morgan fingerprint density at radius 1 is 1.00 bits per heavy atom. The largest absolute Gasteiger partial charge is 0.497 e. The number of benzene rings is 3. The number of hydrogen-bond donors (Lipinski definition) is 1. The number of methoxy groups -OCH3 is 1. The van der Waals surface area contributed by atoms with Gasteiger partial charge in [-0.05, 0) is 54.5 Å². The van der Waals surface area contributed by atoms with Crippen LogP contribution in [0.25, 0.3) is 6.08 Å². The molecule has 0 radical (unpaired) electrons. The lowest BCUT2D eigenvalue weighted by Crippen LogP contribution is -2.68. The van der Waals surface area contributed by atoms with Crippen LogP contribution in [0, 0.1) is 6.92 Å². The molecule has 1 heterocycles. The van der Waals surface area contributed by atoms with Gasteiger partial charge in [-0.15, -0.1) is 0 Å². The van der Waals surface area contributed by atoms with Gasteiger partial charge >= 0.3 is 0 Å². The number of anilines is 2. The second-order valence-electron chi connectivity index (χ2n) is 7.54. The molecular formula is C26H24N2O3. The number of nitrogens with one attached hydrogen (secondary N) is 1. The Labute approximate surface area is 182 Å². The fourth-order valence-electron chi connectivity index (χ4n) is 3.76. The number of carbonyl (C=O) groups is 2. The van der Waals surface area contributed by atoms with Gasteiger partial charge < -0.3 is 10.1 Å². The smallest absolute Gasteiger partial charge is 0.255 e. The predicted octanol–water partition coefficient (Wildman–Crippen LogP) is 4.83. The number of aryl methyl sites for hydroxylation is 1. The molecule has 3 aromatic carbocycles. The third-order valence-corrected chi connectivity index (χ3v) is 5.54. The highest BCUT2D eigenvalue weighted by Crippen LogP contribution is 2.40. The van der Waals surface area contributed by atoms with Gasteiger partial charge in [0, 0.05) is 11.4 Å². The van der Waals surface area contributed by atoms with E-state index in [1.54, 1.807) is 36.3 Å². The molecule has 5 nitrogen and oxygen atoms in total. The number of nitrogens with zero attached hydrogens (tertiary/aromatic N) is 1. The summed E-state index contributed by atoms with van der Waals surface area (Å²) >= 11 is 0. The molecule has 5 heteroatoms. The van der Waals surface area contributed by atoms with Gasteiger partial charge in [0.15, 0.2) is 5.54 Å². The number of amides is 2. The van der Waals surface area contributed by atoms with E-state index in [1.807, 2.05) is 73.7 Å². The average molecular weight is 412 g/mol. The number of rotatable bonds is 6. The summed E-state index contributed by atoms with van der Waals surface area (Å²) in [5.41, 5.74) is 2.17. The molecular weight excluding hydrogens is 388 g/mol. The quantitative estimate of drug-likeness (QED) is 0.590. The van der Waals surface area contributed by atoms with E-state index in [0.29, 0.717) is 11.4 Å². The zero-order valence-corrected chi connectivity index (χ0v) is 17.5. The van der Waals surface area contributed by atoms with Gasteiger partial charge in [-0.1, -0.05) is 54.6 Å². The maximum atomic E-state index is 13.6. The zero-order chi connectivity index (χ0) is 21.8. The van der Waals surface area contributed by atoms with E-state index in [0.717, 1.165) is 16.8 Å². The first-order valence-electron chi connectivity index (χ1n) is 10.1. The van der Waals surface area contributed by atoms with E-state index in [-0.39, 0.29) is 18.2 Å². The van der Waals surface area contributed by atoms with Crippen molar-refractivity contribution in [2.45, 2.75) is 18.9 Å². The first kappa shape index (κ1) is 20.4. The summed E-state index contributed by atoms with van der Waals surface area (Å²) in [5, 5.41) is 3.02. The van der Waals surface area contributed by atoms with Crippen molar-refractivity contribution in [3.8, 4) is 5.75 Å². The average Bonchev–Trinajstić information content (AvgIpc) is 2.79. The molecule has 3 aromatic rings. The second-order valence-corrected chi connectivity index (χ2v) is 7.54.